The van der Waals surface area contributed by atoms with E-state index in [0.29, 0.717) is 25.5 Å². The Morgan fingerprint density at radius 1 is 1.11 bits per heavy atom. The summed E-state index contributed by atoms with van der Waals surface area (Å²) >= 11 is 0. The molecule has 27 heavy (non-hydrogen) atoms. The van der Waals surface area contributed by atoms with Gasteiger partial charge in [-0.05, 0) is 31.2 Å². The predicted octanol–water partition coefficient (Wildman–Crippen LogP) is 5.55. The quantitative estimate of drug-likeness (QED) is 0.284. The molecule has 0 amide bonds. The number of halogens is 3. The molecule has 1 fully saturated rings. The Morgan fingerprint density at radius 2 is 1.81 bits per heavy atom. The minimum atomic E-state index is -1.21. The van der Waals surface area contributed by atoms with Gasteiger partial charge in [-0.2, -0.15) is 0 Å². The van der Waals surface area contributed by atoms with Gasteiger partial charge in [-0.3, -0.25) is 4.79 Å². The van der Waals surface area contributed by atoms with Crippen LogP contribution in [-0.2, 0) is 20.9 Å². The smallest absolute Gasteiger partial charge is 0.308 e. The molecule has 1 unspecified atom stereocenters. The van der Waals surface area contributed by atoms with Crippen molar-refractivity contribution in [2.75, 3.05) is 6.61 Å². The highest BCUT2D eigenvalue weighted by molar-refractivity contribution is 5.72. The third-order valence-corrected chi connectivity index (χ3v) is 5.07. The van der Waals surface area contributed by atoms with Crippen LogP contribution < -0.4 is 0 Å². The molecule has 0 radical (unpaired) electrons. The van der Waals surface area contributed by atoms with Crippen molar-refractivity contribution < 1.29 is 27.4 Å². The van der Waals surface area contributed by atoms with E-state index >= 15 is 0 Å². The Bertz CT molecular complexity index is 615. The maximum absolute atomic E-state index is 13.5. The number of esters is 1. The first-order valence-corrected chi connectivity index (χ1v) is 9.82. The fourth-order valence-corrected chi connectivity index (χ4v) is 3.19. The molecule has 3 nitrogen and oxygen atoms in total. The lowest BCUT2D eigenvalue weighted by Crippen LogP contribution is -2.37. The minimum Gasteiger partial charge on any atom is -0.462 e. The van der Waals surface area contributed by atoms with Crippen molar-refractivity contribution in [3.8, 4) is 0 Å². The van der Waals surface area contributed by atoms with Crippen LogP contribution in [0.25, 0.3) is 0 Å². The van der Waals surface area contributed by atoms with Crippen molar-refractivity contribution in [2.24, 2.45) is 11.8 Å². The van der Waals surface area contributed by atoms with Crippen molar-refractivity contribution in [3.05, 3.63) is 35.1 Å². The second kappa shape index (κ2) is 10.7. The maximum atomic E-state index is 13.5. The van der Waals surface area contributed by atoms with Crippen molar-refractivity contribution in [2.45, 2.75) is 71.5 Å². The highest BCUT2D eigenvalue weighted by atomic mass is 19.2. The molecule has 1 aromatic rings. The molecule has 0 spiro atoms. The molecule has 1 aliphatic carbocycles. The summed E-state index contributed by atoms with van der Waals surface area (Å²) in [4.78, 5) is 12.1. The van der Waals surface area contributed by atoms with E-state index < -0.39 is 17.5 Å². The SMILES string of the molecule is CCCCCCC(C)C(=O)OC1CC(COCc2cc(F)c(F)cc2F)C1. The molecule has 1 aromatic carbocycles. The van der Waals surface area contributed by atoms with Crippen molar-refractivity contribution in [1.29, 1.82) is 0 Å². The summed E-state index contributed by atoms with van der Waals surface area (Å²) in [5, 5.41) is 0. The van der Waals surface area contributed by atoms with Gasteiger partial charge in [0.2, 0.25) is 0 Å². The second-order valence-electron chi connectivity index (χ2n) is 7.52. The molecule has 0 N–H and O–H groups in total. The van der Waals surface area contributed by atoms with Gasteiger partial charge in [0.25, 0.3) is 0 Å². The van der Waals surface area contributed by atoms with Gasteiger partial charge in [-0.15, -0.1) is 0 Å². The first kappa shape index (κ1) is 21.7. The second-order valence-corrected chi connectivity index (χ2v) is 7.52. The van der Waals surface area contributed by atoms with E-state index in [9.17, 15) is 18.0 Å². The zero-order valence-corrected chi connectivity index (χ0v) is 16.1. The van der Waals surface area contributed by atoms with Crippen LogP contribution >= 0.6 is 0 Å². The van der Waals surface area contributed by atoms with Gasteiger partial charge in [0, 0.05) is 11.6 Å². The number of hydrogen-bond donors (Lipinski definition) is 0. The van der Waals surface area contributed by atoms with Gasteiger partial charge >= 0.3 is 5.97 Å². The number of hydrogen-bond acceptors (Lipinski definition) is 3. The lowest BCUT2D eigenvalue weighted by Gasteiger charge is -2.35. The molecule has 0 bridgehead atoms. The van der Waals surface area contributed by atoms with E-state index in [2.05, 4.69) is 6.92 Å². The van der Waals surface area contributed by atoms with Crippen LogP contribution in [-0.4, -0.2) is 18.7 Å². The van der Waals surface area contributed by atoms with Crippen LogP contribution in [0, 0.1) is 29.3 Å². The van der Waals surface area contributed by atoms with E-state index in [4.69, 9.17) is 9.47 Å². The average Bonchev–Trinajstić information content (AvgIpc) is 2.60. The van der Waals surface area contributed by atoms with E-state index in [0.717, 1.165) is 25.3 Å². The standard InChI is InChI=1S/C21H29F3O3/c1-3-4-5-6-7-14(2)21(25)27-17-8-15(9-17)12-26-13-16-10-19(23)20(24)11-18(16)22/h10-11,14-15,17H,3-9,12-13H2,1-2H3. The van der Waals surface area contributed by atoms with Gasteiger partial charge in [0.1, 0.15) is 11.9 Å². The molecule has 1 saturated carbocycles. The molecule has 0 saturated heterocycles. The molecule has 152 valence electrons. The molecule has 1 aliphatic rings. The third-order valence-electron chi connectivity index (χ3n) is 5.07. The minimum absolute atomic E-state index is 0.00639. The van der Waals surface area contributed by atoms with E-state index in [1.807, 2.05) is 6.92 Å². The van der Waals surface area contributed by atoms with E-state index in [-0.39, 0.29) is 36.1 Å². The lowest BCUT2D eigenvalue weighted by molar-refractivity contribution is -0.162. The van der Waals surface area contributed by atoms with Crippen LogP contribution in [0.3, 0.4) is 0 Å². The Kier molecular flexibility index (Phi) is 8.61. The van der Waals surface area contributed by atoms with Gasteiger partial charge in [-0.1, -0.05) is 39.5 Å². The highest BCUT2D eigenvalue weighted by Crippen LogP contribution is 2.31. The van der Waals surface area contributed by atoms with Crippen molar-refractivity contribution in [1.82, 2.24) is 0 Å². The topological polar surface area (TPSA) is 35.5 Å². The third kappa shape index (κ3) is 6.83. The Balaban J connectivity index is 1.60. The normalized spacial score (nSPS) is 20.2. The van der Waals surface area contributed by atoms with Gasteiger partial charge in [0.05, 0.1) is 19.1 Å². The summed E-state index contributed by atoms with van der Waals surface area (Å²) in [6.45, 7) is 4.32. The Labute approximate surface area is 159 Å². The van der Waals surface area contributed by atoms with Crippen LogP contribution in [0.2, 0.25) is 0 Å². The number of rotatable bonds is 11. The first-order chi connectivity index (χ1) is 12.9. The van der Waals surface area contributed by atoms with Crippen LogP contribution in [0.4, 0.5) is 13.2 Å². The Hall–Kier alpha value is -1.56. The molecule has 1 atom stereocenters. The summed E-state index contributed by atoms with van der Waals surface area (Å²) in [5.41, 5.74) is -0.00639. The zero-order valence-electron chi connectivity index (χ0n) is 16.1. The van der Waals surface area contributed by atoms with Crippen LogP contribution in [0.15, 0.2) is 12.1 Å². The van der Waals surface area contributed by atoms with Crippen LogP contribution in [0.1, 0.15) is 64.4 Å². The van der Waals surface area contributed by atoms with E-state index in [1.54, 1.807) is 0 Å². The highest BCUT2D eigenvalue weighted by Gasteiger charge is 2.33. The maximum Gasteiger partial charge on any atom is 0.308 e. The summed E-state index contributed by atoms with van der Waals surface area (Å²) < 4.78 is 50.4. The van der Waals surface area contributed by atoms with Crippen molar-refractivity contribution in [3.63, 3.8) is 0 Å². The summed E-state index contributed by atoms with van der Waals surface area (Å²) in [6, 6.07) is 1.34. The van der Waals surface area contributed by atoms with Gasteiger partial charge < -0.3 is 9.47 Å². The molecular weight excluding hydrogens is 357 g/mol. The summed E-state index contributed by atoms with van der Waals surface area (Å²) in [5.74, 6) is -3.10. The molecular formula is C21H29F3O3. The fourth-order valence-electron chi connectivity index (χ4n) is 3.19. The van der Waals surface area contributed by atoms with E-state index in [1.165, 1.54) is 12.8 Å². The lowest BCUT2D eigenvalue weighted by atomic mass is 9.83. The monoisotopic (exact) mass is 386 g/mol. The number of carbonyl (C=O) groups excluding carboxylic acids is 1. The molecule has 6 heteroatoms. The zero-order chi connectivity index (χ0) is 19.8. The number of unbranched alkanes of at least 4 members (excludes halogenated alkanes) is 3. The van der Waals surface area contributed by atoms with Gasteiger partial charge in [-0.25, -0.2) is 13.2 Å². The number of benzene rings is 1. The largest absolute Gasteiger partial charge is 0.462 e. The Morgan fingerprint density at radius 3 is 2.52 bits per heavy atom. The molecule has 2 rings (SSSR count). The summed E-state index contributed by atoms with van der Waals surface area (Å²) in [6.07, 6.45) is 6.78. The van der Waals surface area contributed by atoms with Crippen LogP contribution in [0.5, 0.6) is 0 Å². The number of carbonyl (C=O) groups is 1. The average molecular weight is 386 g/mol. The summed E-state index contributed by atoms with van der Waals surface area (Å²) in [7, 11) is 0. The molecule has 0 aromatic heterocycles. The fraction of sp³-hybridized carbons (Fsp3) is 0.667. The number of ether oxygens (including phenoxy) is 2. The van der Waals surface area contributed by atoms with Gasteiger partial charge in [0.15, 0.2) is 11.6 Å². The van der Waals surface area contributed by atoms with Crippen molar-refractivity contribution >= 4 is 5.97 Å². The molecule has 0 heterocycles. The first-order valence-electron chi connectivity index (χ1n) is 9.82. The predicted molar refractivity (Wildman–Crippen MR) is 96.5 cm³/mol. The molecule has 0 aliphatic heterocycles.